The van der Waals surface area contributed by atoms with Gasteiger partial charge in [0.25, 0.3) is 0 Å². The zero-order valence-corrected chi connectivity index (χ0v) is 9.97. The summed E-state index contributed by atoms with van der Waals surface area (Å²) in [6.07, 6.45) is 3.41. The van der Waals surface area contributed by atoms with Crippen molar-refractivity contribution >= 4 is 22.5 Å². The molecular weight excluding hydrogens is 226 g/mol. The number of aromatic nitrogens is 1. The first-order valence-electron chi connectivity index (χ1n) is 5.65. The fraction of sp³-hybridized carbons (Fsp3) is 0.0714. The van der Waals surface area contributed by atoms with Crippen molar-refractivity contribution in [2.45, 2.75) is 6.92 Å². The van der Waals surface area contributed by atoms with Gasteiger partial charge in [-0.25, -0.2) is 0 Å². The van der Waals surface area contributed by atoms with Gasteiger partial charge in [0.15, 0.2) is 5.58 Å². The van der Waals surface area contributed by atoms with Gasteiger partial charge in [0, 0.05) is 11.8 Å². The minimum Gasteiger partial charge on any atom is -0.437 e. The topological polar surface area (TPSA) is 78.1 Å². The number of nitrogen functional groups attached to an aromatic ring is 2. The Bertz CT molecular complexity index is 731. The van der Waals surface area contributed by atoms with Crippen LogP contribution in [-0.2, 0) is 0 Å². The van der Waals surface area contributed by atoms with Gasteiger partial charge in [-0.2, -0.15) is 0 Å². The number of hydrogen-bond acceptors (Lipinski definition) is 4. The molecule has 0 amide bonds. The molecule has 4 nitrogen and oxygen atoms in total. The Morgan fingerprint density at radius 3 is 2.78 bits per heavy atom. The molecule has 0 saturated heterocycles. The number of fused-ring (bicyclic) bond motifs is 1. The van der Waals surface area contributed by atoms with Crippen LogP contribution in [0.2, 0.25) is 0 Å². The number of benzene rings is 1. The van der Waals surface area contributed by atoms with E-state index < -0.39 is 0 Å². The van der Waals surface area contributed by atoms with E-state index in [-0.39, 0.29) is 5.88 Å². The molecule has 0 aliphatic carbocycles. The summed E-state index contributed by atoms with van der Waals surface area (Å²) in [5, 5.41) is 0.827. The lowest BCUT2D eigenvalue weighted by Gasteiger charge is -2.04. The lowest BCUT2D eigenvalue weighted by atomic mass is 10.0. The molecule has 2 aromatic heterocycles. The second-order valence-corrected chi connectivity index (χ2v) is 4.31. The monoisotopic (exact) mass is 239 g/mol. The van der Waals surface area contributed by atoms with Gasteiger partial charge in [-0.1, -0.05) is 29.8 Å². The van der Waals surface area contributed by atoms with Crippen molar-refractivity contribution in [2.75, 3.05) is 11.5 Å². The maximum atomic E-state index is 5.97. The summed E-state index contributed by atoms with van der Waals surface area (Å²) in [4.78, 5) is 4.17. The number of pyridine rings is 1. The largest absolute Gasteiger partial charge is 0.437 e. The van der Waals surface area contributed by atoms with Crippen molar-refractivity contribution in [3.05, 3.63) is 42.2 Å². The van der Waals surface area contributed by atoms with Crippen LogP contribution in [0.5, 0.6) is 0 Å². The molecule has 0 saturated carbocycles. The molecule has 3 rings (SSSR count). The van der Waals surface area contributed by atoms with Crippen molar-refractivity contribution in [1.29, 1.82) is 0 Å². The summed E-state index contributed by atoms with van der Waals surface area (Å²) in [5.74, 6) is 0.243. The van der Waals surface area contributed by atoms with Gasteiger partial charge in [-0.15, -0.1) is 0 Å². The SMILES string of the molecule is Cc1cccc(-c2cncc3oc(N)c(N)c23)c1. The highest BCUT2D eigenvalue weighted by Gasteiger charge is 2.14. The summed E-state index contributed by atoms with van der Waals surface area (Å²) in [7, 11) is 0. The first-order chi connectivity index (χ1) is 8.66. The molecule has 18 heavy (non-hydrogen) atoms. The highest BCUT2D eigenvalue weighted by molar-refractivity contribution is 6.04. The zero-order valence-electron chi connectivity index (χ0n) is 9.97. The molecular formula is C14H13N3O. The van der Waals surface area contributed by atoms with E-state index >= 15 is 0 Å². The van der Waals surface area contributed by atoms with Crippen molar-refractivity contribution in [3.63, 3.8) is 0 Å². The van der Waals surface area contributed by atoms with Gasteiger partial charge in [-0.3, -0.25) is 4.98 Å². The lowest BCUT2D eigenvalue weighted by molar-refractivity contribution is 0.637. The van der Waals surface area contributed by atoms with Crippen molar-refractivity contribution in [3.8, 4) is 11.1 Å². The summed E-state index contributed by atoms with van der Waals surface area (Å²) in [6, 6.07) is 8.15. The number of nitrogens with two attached hydrogens (primary N) is 2. The minimum atomic E-state index is 0.243. The van der Waals surface area contributed by atoms with Crippen LogP contribution >= 0.6 is 0 Å². The number of anilines is 2. The molecule has 90 valence electrons. The highest BCUT2D eigenvalue weighted by atomic mass is 16.3. The van der Waals surface area contributed by atoms with Crippen LogP contribution in [0.15, 0.2) is 41.1 Å². The van der Waals surface area contributed by atoms with E-state index in [2.05, 4.69) is 11.1 Å². The number of nitrogens with zero attached hydrogens (tertiary/aromatic N) is 1. The van der Waals surface area contributed by atoms with Crippen LogP contribution in [0, 0.1) is 6.92 Å². The van der Waals surface area contributed by atoms with E-state index in [1.165, 1.54) is 5.56 Å². The quantitative estimate of drug-likeness (QED) is 0.684. The Morgan fingerprint density at radius 2 is 2.00 bits per heavy atom. The average Bonchev–Trinajstić information content (AvgIpc) is 2.65. The Hall–Kier alpha value is -2.49. The molecule has 3 aromatic rings. The standard InChI is InChI=1S/C14H13N3O/c1-8-3-2-4-9(5-8)10-6-17-7-11-12(10)13(15)14(16)18-11/h2-7H,15-16H2,1H3. The molecule has 0 aliphatic rings. The third-order valence-corrected chi connectivity index (χ3v) is 2.99. The van der Waals surface area contributed by atoms with E-state index in [4.69, 9.17) is 15.9 Å². The molecule has 1 aromatic carbocycles. The summed E-state index contributed by atoms with van der Waals surface area (Å²) >= 11 is 0. The molecule has 0 aliphatic heterocycles. The van der Waals surface area contributed by atoms with E-state index in [1.807, 2.05) is 25.1 Å². The first kappa shape index (κ1) is 10.7. The number of hydrogen-bond donors (Lipinski definition) is 2. The molecule has 4 heteroatoms. The van der Waals surface area contributed by atoms with E-state index in [1.54, 1.807) is 12.4 Å². The van der Waals surface area contributed by atoms with Crippen molar-refractivity contribution in [1.82, 2.24) is 4.98 Å². The summed E-state index contributed by atoms with van der Waals surface area (Å²) < 4.78 is 5.38. The third kappa shape index (κ3) is 1.50. The minimum absolute atomic E-state index is 0.243. The van der Waals surface area contributed by atoms with E-state index in [0.717, 1.165) is 16.5 Å². The summed E-state index contributed by atoms with van der Waals surface area (Å²) in [5.41, 5.74) is 15.9. The first-order valence-corrected chi connectivity index (χ1v) is 5.65. The van der Waals surface area contributed by atoms with Crippen molar-refractivity contribution < 1.29 is 4.42 Å². The second kappa shape index (κ2) is 3.77. The Kier molecular flexibility index (Phi) is 2.23. The Balaban J connectivity index is 2.35. The fourth-order valence-corrected chi connectivity index (χ4v) is 2.12. The van der Waals surface area contributed by atoms with Crippen LogP contribution in [0.1, 0.15) is 5.56 Å². The fourth-order valence-electron chi connectivity index (χ4n) is 2.12. The average molecular weight is 239 g/mol. The molecule has 0 atom stereocenters. The normalized spacial score (nSPS) is 10.9. The Morgan fingerprint density at radius 1 is 1.17 bits per heavy atom. The molecule has 0 bridgehead atoms. The maximum absolute atomic E-state index is 5.97. The van der Waals surface area contributed by atoms with Gasteiger partial charge in [0.05, 0.1) is 11.6 Å². The third-order valence-electron chi connectivity index (χ3n) is 2.99. The van der Waals surface area contributed by atoms with Gasteiger partial charge in [0.2, 0.25) is 5.88 Å². The molecule has 0 radical (unpaired) electrons. The second-order valence-electron chi connectivity index (χ2n) is 4.31. The maximum Gasteiger partial charge on any atom is 0.214 e. The molecule has 0 unspecified atom stereocenters. The van der Waals surface area contributed by atoms with Crippen LogP contribution in [0.4, 0.5) is 11.6 Å². The number of furan rings is 1. The lowest BCUT2D eigenvalue weighted by Crippen LogP contribution is -1.91. The highest BCUT2D eigenvalue weighted by Crippen LogP contribution is 2.37. The zero-order chi connectivity index (χ0) is 12.7. The molecule has 0 fully saturated rings. The van der Waals surface area contributed by atoms with E-state index in [0.29, 0.717) is 11.3 Å². The smallest absolute Gasteiger partial charge is 0.214 e. The van der Waals surface area contributed by atoms with Crippen LogP contribution in [0.3, 0.4) is 0 Å². The van der Waals surface area contributed by atoms with Crippen LogP contribution in [0.25, 0.3) is 22.1 Å². The summed E-state index contributed by atoms with van der Waals surface area (Å²) in [6.45, 7) is 2.05. The van der Waals surface area contributed by atoms with Gasteiger partial charge >= 0.3 is 0 Å². The van der Waals surface area contributed by atoms with Crippen LogP contribution < -0.4 is 11.5 Å². The molecule has 0 spiro atoms. The Labute approximate surface area is 104 Å². The number of rotatable bonds is 1. The predicted molar refractivity (Wildman–Crippen MR) is 73.0 cm³/mol. The van der Waals surface area contributed by atoms with Gasteiger partial charge in [0.1, 0.15) is 5.69 Å². The van der Waals surface area contributed by atoms with Crippen LogP contribution in [-0.4, -0.2) is 4.98 Å². The predicted octanol–water partition coefficient (Wildman–Crippen LogP) is 2.97. The number of aryl methyl sites for hydroxylation is 1. The molecule has 4 N–H and O–H groups in total. The van der Waals surface area contributed by atoms with Gasteiger partial charge < -0.3 is 15.9 Å². The van der Waals surface area contributed by atoms with Gasteiger partial charge in [-0.05, 0) is 12.5 Å². The molecule has 2 heterocycles. The van der Waals surface area contributed by atoms with E-state index in [9.17, 15) is 0 Å². The van der Waals surface area contributed by atoms with Crippen molar-refractivity contribution in [2.24, 2.45) is 0 Å².